The van der Waals surface area contributed by atoms with Gasteiger partial charge in [-0.05, 0) is 45.3 Å². The lowest BCUT2D eigenvalue weighted by Gasteiger charge is -2.39. The summed E-state index contributed by atoms with van der Waals surface area (Å²) < 4.78 is 2.07. The molecule has 0 bridgehead atoms. The summed E-state index contributed by atoms with van der Waals surface area (Å²) in [4.78, 5) is 18.8. The first kappa shape index (κ1) is 15.7. The van der Waals surface area contributed by atoms with Gasteiger partial charge in [0.15, 0.2) is 0 Å². The van der Waals surface area contributed by atoms with E-state index in [9.17, 15) is 4.79 Å². The zero-order valence-corrected chi connectivity index (χ0v) is 13.9. The molecule has 0 radical (unpaired) electrons. The van der Waals surface area contributed by atoms with E-state index in [0.717, 1.165) is 25.1 Å². The number of carbonyl (C=O) groups is 1. The minimum atomic E-state index is -0.119. The molecule has 7 heteroatoms. The second kappa shape index (κ2) is 6.54. The topological polar surface area (TPSA) is 78.8 Å². The monoisotopic (exact) mass is 316 g/mol. The molecule has 0 saturated carbocycles. The number of nitrogens with one attached hydrogen (secondary N) is 2. The lowest BCUT2D eigenvalue weighted by molar-refractivity contribution is 0.0877. The van der Waals surface area contributed by atoms with Crippen LogP contribution in [0.2, 0.25) is 0 Å². The van der Waals surface area contributed by atoms with Crippen molar-refractivity contribution in [1.29, 1.82) is 0 Å². The summed E-state index contributed by atoms with van der Waals surface area (Å²) in [6.07, 6.45) is 6.01. The number of imidazole rings is 1. The Labute approximate surface area is 136 Å². The summed E-state index contributed by atoms with van der Waals surface area (Å²) in [6.45, 7) is 3.60. The second-order valence-electron chi connectivity index (χ2n) is 6.40. The van der Waals surface area contributed by atoms with Gasteiger partial charge in [-0.25, -0.2) is 4.98 Å². The van der Waals surface area contributed by atoms with Crippen molar-refractivity contribution in [2.45, 2.75) is 25.8 Å². The number of likely N-dealkylation sites (tertiary alicyclic amines) is 1. The maximum Gasteiger partial charge on any atom is 0.271 e. The van der Waals surface area contributed by atoms with Gasteiger partial charge in [0.2, 0.25) is 0 Å². The van der Waals surface area contributed by atoms with E-state index in [4.69, 9.17) is 0 Å². The van der Waals surface area contributed by atoms with Crippen LogP contribution >= 0.6 is 0 Å². The molecule has 0 aromatic carbocycles. The second-order valence-corrected chi connectivity index (χ2v) is 6.40. The first-order valence-corrected chi connectivity index (χ1v) is 8.03. The molecule has 0 spiro atoms. The number of hydrogen-bond donors (Lipinski definition) is 2. The number of aryl methyl sites for hydroxylation is 2. The van der Waals surface area contributed by atoms with Crippen LogP contribution in [0, 0.1) is 12.8 Å². The summed E-state index contributed by atoms with van der Waals surface area (Å²) >= 11 is 0. The number of carbonyl (C=O) groups excluding carboxylic acids is 1. The average molecular weight is 316 g/mol. The Morgan fingerprint density at radius 1 is 1.48 bits per heavy atom. The van der Waals surface area contributed by atoms with Gasteiger partial charge in [0.05, 0.1) is 18.1 Å². The van der Waals surface area contributed by atoms with Crippen LogP contribution in [0.15, 0.2) is 18.6 Å². The quantitative estimate of drug-likeness (QED) is 0.890. The van der Waals surface area contributed by atoms with E-state index < -0.39 is 0 Å². The highest BCUT2D eigenvalue weighted by Gasteiger charge is 2.32. The number of nitrogens with zero attached hydrogens (tertiary/aromatic N) is 4. The van der Waals surface area contributed by atoms with Gasteiger partial charge in [-0.2, -0.15) is 5.10 Å². The largest absolute Gasteiger partial charge is 0.350 e. The Kier molecular flexibility index (Phi) is 4.47. The Hall–Kier alpha value is -2.15. The number of H-pyrrole nitrogens is 1. The maximum atomic E-state index is 12.2. The van der Waals surface area contributed by atoms with Crippen LogP contribution in [0.5, 0.6) is 0 Å². The third-order valence-electron chi connectivity index (χ3n) is 4.63. The molecule has 2 aromatic rings. The number of hydrogen-bond acceptors (Lipinski definition) is 4. The lowest BCUT2D eigenvalue weighted by atomic mass is 9.87. The SMILES string of the molecule is Cc1cc(C(=O)NC[C@@H]2CCCN(C)[C@H]2c2cncn2C)n[nH]1. The van der Waals surface area contributed by atoms with Gasteiger partial charge in [-0.1, -0.05) is 0 Å². The van der Waals surface area contributed by atoms with E-state index in [2.05, 4.69) is 37.0 Å². The predicted molar refractivity (Wildman–Crippen MR) is 87.0 cm³/mol. The molecule has 124 valence electrons. The van der Waals surface area contributed by atoms with Crippen molar-refractivity contribution >= 4 is 5.91 Å². The first-order chi connectivity index (χ1) is 11.1. The van der Waals surface area contributed by atoms with Crippen LogP contribution in [0.3, 0.4) is 0 Å². The van der Waals surface area contributed by atoms with Gasteiger partial charge in [0.1, 0.15) is 5.69 Å². The Balaban J connectivity index is 1.69. The van der Waals surface area contributed by atoms with E-state index >= 15 is 0 Å². The van der Waals surface area contributed by atoms with E-state index in [1.807, 2.05) is 26.5 Å². The number of amides is 1. The smallest absolute Gasteiger partial charge is 0.271 e. The van der Waals surface area contributed by atoms with Crippen molar-refractivity contribution in [3.8, 4) is 0 Å². The normalized spacial score (nSPS) is 22.2. The third kappa shape index (κ3) is 3.29. The predicted octanol–water partition coefficient (Wildman–Crippen LogP) is 1.26. The standard InChI is InChI=1S/C16H24N6O/c1-11-7-13(20-19-11)16(23)18-8-12-5-4-6-21(2)15(12)14-9-17-10-22(14)3/h7,9-10,12,15H,4-6,8H2,1-3H3,(H,18,23)(H,19,20)/t12-,15+/m0/s1. The van der Waals surface area contributed by atoms with Crippen molar-refractivity contribution in [2.24, 2.45) is 13.0 Å². The van der Waals surface area contributed by atoms with Crippen LogP contribution in [-0.2, 0) is 7.05 Å². The summed E-state index contributed by atoms with van der Waals surface area (Å²) in [5.74, 6) is 0.250. The zero-order chi connectivity index (χ0) is 16.4. The van der Waals surface area contributed by atoms with Gasteiger partial charge in [0.25, 0.3) is 5.91 Å². The first-order valence-electron chi connectivity index (χ1n) is 8.03. The van der Waals surface area contributed by atoms with Crippen LogP contribution in [0.1, 0.15) is 40.8 Å². The van der Waals surface area contributed by atoms with Gasteiger partial charge < -0.3 is 9.88 Å². The van der Waals surface area contributed by atoms with Gasteiger partial charge in [-0.15, -0.1) is 0 Å². The number of aromatic nitrogens is 4. The van der Waals surface area contributed by atoms with Crippen LogP contribution in [-0.4, -0.2) is 50.7 Å². The molecule has 1 fully saturated rings. The minimum Gasteiger partial charge on any atom is -0.350 e. The number of aromatic amines is 1. The molecule has 0 aliphatic carbocycles. The van der Waals surface area contributed by atoms with E-state index in [0.29, 0.717) is 18.2 Å². The van der Waals surface area contributed by atoms with Crippen LogP contribution < -0.4 is 5.32 Å². The van der Waals surface area contributed by atoms with Gasteiger partial charge in [-0.3, -0.25) is 14.8 Å². The Bertz CT molecular complexity index is 676. The van der Waals surface area contributed by atoms with Crippen molar-refractivity contribution in [3.63, 3.8) is 0 Å². The van der Waals surface area contributed by atoms with E-state index in [-0.39, 0.29) is 11.9 Å². The molecule has 2 aromatic heterocycles. The Morgan fingerprint density at radius 2 is 2.30 bits per heavy atom. The van der Waals surface area contributed by atoms with Gasteiger partial charge >= 0.3 is 0 Å². The molecule has 1 saturated heterocycles. The summed E-state index contributed by atoms with van der Waals surface area (Å²) in [5.41, 5.74) is 2.53. The molecule has 1 amide bonds. The molecule has 1 aliphatic heterocycles. The molecule has 2 atom stereocenters. The number of piperidine rings is 1. The number of rotatable bonds is 4. The summed E-state index contributed by atoms with van der Waals surface area (Å²) in [6, 6.07) is 2.04. The lowest BCUT2D eigenvalue weighted by Crippen LogP contribution is -2.42. The van der Waals surface area contributed by atoms with Crippen LogP contribution in [0.4, 0.5) is 0 Å². The fraction of sp³-hybridized carbons (Fsp3) is 0.562. The fourth-order valence-electron chi connectivity index (χ4n) is 3.44. The highest BCUT2D eigenvalue weighted by Crippen LogP contribution is 2.34. The maximum absolute atomic E-state index is 12.2. The van der Waals surface area contributed by atoms with E-state index in [1.165, 1.54) is 5.69 Å². The third-order valence-corrected chi connectivity index (χ3v) is 4.63. The molecule has 0 unspecified atom stereocenters. The fourth-order valence-corrected chi connectivity index (χ4v) is 3.44. The summed E-state index contributed by atoms with van der Waals surface area (Å²) in [7, 11) is 4.16. The van der Waals surface area contributed by atoms with Crippen molar-refractivity contribution < 1.29 is 4.79 Å². The van der Waals surface area contributed by atoms with Crippen molar-refractivity contribution in [3.05, 3.63) is 35.7 Å². The van der Waals surface area contributed by atoms with E-state index in [1.54, 1.807) is 6.07 Å². The Morgan fingerprint density at radius 3 is 2.96 bits per heavy atom. The molecule has 3 rings (SSSR count). The van der Waals surface area contributed by atoms with Crippen molar-refractivity contribution in [1.82, 2.24) is 30.0 Å². The van der Waals surface area contributed by atoms with Crippen molar-refractivity contribution in [2.75, 3.05) is 20.1 Å². The molecule has 1 aliphatic rings. The molecule has 23 heavy (non-hydrogen) atoms. The molecular formula is C16H24N6O. The van der Waals surface area contributed by atoms with Crippen LogP contribution in [0.25, 0.3) is 0 Å². The highest BCUT2D eigenvalue weighted by atomic mass is 16.1. The minimum absolute atomic E-state index is 0.119. The molecule has 2 N–H and O–H groups in total. The molecule has 7 nitrogen and oxygen atoms in total. The average Bonchev–Trinajstić information content (AvgIpc) is 3.13. The van der Waals surface area contributed by atoms with Gasteiger partial charge in [0, 0.05) is 25.5 Å². The zero-order valence-electron chi connectivity index (χ0n) is 13.9. The molecule has 3 heterocycles. The summed E-state index contributed by atoms with van der Waals surface area (Å²) in [5, 5.41) is 9.85. The highest BCUT2D eigenvalue weighted by molar-refractivity contribution is 5.92. The molecular weight excluding hydrogens is 292 g/mol.